The number of amides is 1. The molecule has 14 heavy (non-hydrogen) atoms. The highest BCUT2D eigenvalue weighted by Gasteiger charge is 2.19. The van der Waals surface area contributed by atoms with Crippen molar-refractivity contribution in [3.05, 3.63) is 12.2 Å². The van der Waals surface area contributed by atoms with Crippen LogP contribution in [0.3, 0.4) is 0 Å². The van der Waals surface area contributed by atoms with Gasteiger partial charge in [0, 0.05) is 6.92 Å². The van der Waals surface area contributed by atoms with Crippen molar-refractivity contribution in [2.75, 3.05) is 7.11 Å². The summed E-state index contributed by atoms with van der Waals surface area (Å²) in [6.07, 6.45) is 1.55. The molecule has 1 amide bonds. The number of hydrogen-bond donors (Lipinski definition) is 1. The van der Waals surface area contributed by atoms with E-state index < -0.39 is 5.97 Å². The van der Waals surface area contributed by atoms with Gasteiger partial charge in [-0.1, -0.05) is 19.9 Å². The molecule has 0 radical (unpaired) electrons. The standard InChI is InChI=1S/C10H17NO3/c1-5-6-9(11-8(3)12)7(2)10(13)14-4/h9H,2,5-6H2,1,3-4H3,(H,11,12). The van der Waals surface area contributed by atoms with E-state index in [9.17, 15) is 9.59 Å². The first-order valence-electron chi connectivity index (χ1n) is 4.57. The van der Waals surface area contributed by atoms with Crippen LogP contribution >= 0.6 is 0 Å². The summed E-state index contributed by atoms with van der Waals surface area (Å²) in [7, 11) is 1.30. The molecule has 80 valence electrons. The minimum absolute atomic E-state index is 0.173. The number of esters is 1. The van der Waals surface area contributed by atoms with E-state index in [2.05, 4.69) is 16.6 Å². The highest BCUT2D eigenvalue weighted by Crippen LogP contribution is 2.08. The molecule has 0 heterocycles. The van der Waals surface area contributed by atoms with Gasteiger partial charge in [0.2, 0.25) is 5.91 Å². The molecule has 0 aromatic carbocycles. The maximum atomic E-state index is 11.1. The Kier molecular flexibility index (Phi) is 5.60. The number of carbonyl (C=O) groups is 2. The molecule has 0 aliphatic carbocycles. The van der Waals surface area contributed by atoms with Gasteiger partial charge in [0.15, 0.2) is 0 Å². The Bertz CT molecular complexity index is 236. The summed E-state index contributed by atoms with van der Waals surface area (Å²) in [5, 5.41) is 2.66. The highest BCUT2D eigenvalue weighted by molar-refractivity contribution is 5.90. The molecule has 0 aliphatic rings. The second-order valence-electron chi connectivity index (χ2n) is 3.06. The molecule has 0 spiro atoms. The third kappa shape index (κ3) is 4.07. The second-order valence-corrected chi connectivity index (χ2v) is 3.06. The van der Waals surface area contributed by atoms with E-state index in [0.29, 0.717) is 12.0 Å². The van der Waals surface area contributed by atoms with E-state index in [1.807, 2.05) is 6.92 Å². The van der Waals surface area contributed by atoms with Crippen molar-refractivity contribution >= 4 is 11.9 Å². The predicted molar refractivity (Wildman–Crippen MR) is 53.7 cm³/mol. The largest absolute Gasteiger partial charge is 0.466 e. The van der Waals surface area contributed by atoms with Crippen LogP contribution in [0.25, 0.3) is 0 Å². The molecule has 0 aliphatic heterocycles. The van der Waals surface area contributed by atoms with Crippen LogP contribution in [0.15, 0.2) is 12.2 Å². The fraction of sp³-hybridized carbons (Fsp3) is 0.600. The molecule has 4 nitrogen and oxygen atoms in total. The van der Waals surface area contributed by atoms with E-state index in [1.165, 1.54) is 14.0 Å². The monoisotopic (exact) mass is 199 g/mol. The van der Waals surface area contributed by atoms with Gasteiger partial charge in [0.1, 0.15) is 0 Å². The van der Waals surface area contributed by atoms with Crippen LogP contribution in [0, 0.1) is 0 Å². The molecule has 1 unspecified atom stereocenters. The summed E-state index contributed by atoms with van der Waals surface area (Å²) in [5.41, 5.74) is 0.296. The van der Waals surface area contributed by atoms with E-state index in [0.717, 1.165) is 6.42 Å². The zero-order valence-electron chi connectivity index (χ0n) is 8.92. The lowest BCUT2D eigenvalue weighted by Crippen LogP contribution is -2.36. The van der Waals surface area contributed by atoms with Crippen LogP contribution in [-0.2, 0) is 14.3 Å². The molecule has 0 bridgehead atoms. The number of rotatable bonds is 5. The summed E-state index contributed by atoms with van der Waals surface area (Å²) >= 11 is 0. The number of methoxy groups -OCH3 is 1. The summed E-state index contributed by atoms with van der Waals surface area (Å²) in [6, 6.07) is -0.315. The average Bonchev–Trinajstić information content (AvgIpc) is 2.14. The third-order valence-electron chi connectivity index (χ3n) is 1.82. The molecular formula is C10H17NO3. The minimum atomic E-state index is -0.475. The van der Waals surface area contributed by atoms with Gasteiger partial charge in [-0.05, 0) is 6.42 Å². The molecule has 0 aromatic rings. The molecule has 0 aromatic heterocycles. The molecule has 4 heteroatoms. The summed E-state index contributed by atoms with van der Waals surface area (Å²) < 4.78 is 4.53. The zero-order valence-corrected chi connectivity index (χ0v) is 8.92. The third-order valence-corrected chi connectivity index (χ3v) is 1.82. The van der Waals surface area contributed by atoms with E-state index in [4.69, 9.17) is 0 Å². The number of ether oxygens (including phenoxy) is 1. The van der Waals surface area contributed by atoms with Crippen LogP contribution in [0.5, 0.6) is 0 Å². The second kappa shape index (κ2) is 6.18. The number of hydrogen-bond acceptors (Lipinski definition) is 3. The van der Waals surface area contributed by atoms with Gasteiger partial charge < -0.3 is 10.1 Å². The Labute approximate surface area is 84.3 Å². The van der Waals surface area contributed by atoms with Gasteiger partial charge in [0.05, 0.1) is 18.7 Å². The predicted octanol–water partition coefficient (Wildman–Crippen LogP) is 1.02. The van der Waals surface area contributed by atoms with Crippen molar-refractivity contribution in [1.82, 2.24) is 5.32 Å². The summed E-state index contributed by atoms with van der Waals surface area (Å²) in [4.78, 5) is 22.0. The molecule has 0 saturated heterocycles. The lowest BCUT2D eigenvalue weighted by molar-refractivity contribution is -0.136. The van der Waals surface area contributed by atoms with Crippen molar-refractivity contribution in [3.63, 3.8) is 0 Å². The van der Waals surface area contributed by atoms with Crippen LogP contribution < -0.4 is 5.32 Å². The summed E-state index contributed by atoms with van der Waals surface area (Å²) in [6.45, 7) is 6.99. The lowest BCUT2D eigenvalue weighted by Gasteiger charge is -2.17. The van der Waals surface area contributed by atoms with E-state index in [1.54, 1.807) is 0 Å². The number of carbonyl (C=O) groups excluding carboxylic acids is 2. The topological polar surface area (TPSA) is 55.4 Å². The quantitative estimate of drug-likeness (QED) is 0.531. The van der Waals surface area contributed by atoms with Crippen molar-refractivity contribution in [3.8, 4) is 0 Å². The van der Waals surface area contributed by atoms with E-state index >= 15 is 0 Å². The first-order valence-corrected chi connectivity index (χ1v) is 4.57. The Balaban J connectivity index is 4.39. The fourth-order valence-corrected chi connectivity index (χ4v) is 1.14. The Hall–Kier alpha value is -1.32. The van der Waals surface area contributed by atoms with Crippen LogP contribution in [-0.4, -0.2) is 25.0 Å². The number of nitrogens with one attached hydrogen (secondary N) is 1. The van der Waals surface area contributed by atoms with Gasteiger partial charge in [-0.3, -0.25) is 4.79 Å². The maximum absolute atomic E-state index is 11.1. The van der Waals surface area contributed by atoms with Crippen LogP contribution in [0.1, 0.15) is 26.7 Å². The molecule has 1 atom stereocenters. The Morgan fingerprint density at radius 1 is 1.50 bits per heavy atom. The van der Waals surface area contributed by atoms with Crippen molar-refractivity contribution in [1.29, 1.82) is 0 Å². The zero-order chi connectivity index (χ0) is 11.1. The van der Waals surface area contributed by atoms with Gasteiger partial charge in [-0.25, -0.2) is 4.79 Å². The average molecular weight is 199 g/mol. The van der Waals surface area contributed by atoms with Gasteiger partial charge >= 0.3 is 5.97 Å². The SMILES string of the molecule is C=C(C(=O)OC)C(CCC)NC(C)=O. The maximum Gasteiger partial charge on any atom is 0.335 e. The first kappa shape index (κ1) is 12.7. The minimum Gasteiger partial charge on any atom is -0.466 e. The molecule has 0 saturated carbocycles. The normalized spacial score (nSPS) is 11.6. The van der Waals surface area contributed by atoms with Gasteiger partial charge in [-0.2, -0.15) is 0 Å². The van der Waals surface area contributed by atoms with Crippen LogP contribution in [0.4, 0.5) is 0 Å². The lowest BCUT2D eigenvalue weighted by atomic mass is 10.0. The van der Waals surface area contributed by atoms with Crippen LogP contribution in [0.2, 0.25) is 0 Å². The van der Waals surface area contributed by atoms with Crippen molar-refractivity contribution < 1.29 is 14.3 Å². The Morgan fingerprint density at radius 2 is 2.07 bits per heavy atom. The fourth-order valence-electron chi connectivity index (χ4n) is 1.14. The van der Waals surface area contributed by atoms with Crippen molar-refractivity contribution in [2.24, 2.45) is 0 Å². The van der Waals surface area contributed by atoms with Gasteiger partial charge in [-0.15, -0.1) is 0 Å². The van der Waals surface area contributed by atoms with E-state index in [-0.39, 0.29) is 11.9 Å². The van der Waals surface area contributed by atoms with Crippen molar-refractivity contribution in [2.45, 2.75) is 32.7 Å². The van der Waals surface area contributed by atoms with Gasteiger partial charge in [0.25, 0.3) is 0 Å². The molecule has 0 fully saturated rings. The first-order chi connectivity index (χ1) is 6.52. The molecule has 1 N–H and O–H groups in total. The Morgan fingerprint density at radius 3 is 2.43 bits per heavy atom. The molecule has 0 rings (SSSR count). The smallest absolute Gasteiger partial charge is 0.335 e. The summed E-state index contributed by atoms with van der Waals surface area (Å²) in [5.74, 6) is -0.647. The highest BCUT2D eigenvalue weighted by atomic mass is 16.5. The molecular weight excluding hydrogens is 182 g/mol.